The van der Waals surface area contributed by atoms with Gasteiger partial charge in [-0.3, -0.25) is 9.36 Å². The number of aliphatic hydroxyl groups is 1. The monoisotopic (exact) mass is 440 g/mol. The van der Waals surface area contributed by atoms with Gasteiger partial charge in [-0.15, -0.1) is 0 Å². The van der Waals surface area contributed by atoms with E-state index in [1.165, 1.54) is 4.57 Å². The minimum atomic E-state index is -0.939. The van der Waals surface area contributed by atoms with Gasteiger partial charge in [0.05, 0.1) is 11.1 Å². The number of hydrogen-bond acceptors (Lipinski definition) is 6. The second-order valence-electron chi connectivity index (χ2n) is 8.42. The van der Waals surface area contributed by atoms with Crippen LogP contribution in [0.15, 0.2) is 55.1 Å². The zero-order valence-electron chi connectivity index (χ0n) is 18.0. The number of anilines is 2. The Morgan fingerprint density at radius 3 is 2.64 bits per heavy atom. The van der Waals surface area contributed by atoms with Crippen molar-refractivity contribution in [2.24, 2.45) is 0 Å². The number of rotatable bonds is 2. The van der Waals surface area contributed by atoms with Crippen molar-refractivity contribution in [2.75, 3.05) is 11.5 Å². The molecule has 3 heterocycles. The van der Waals surface area contributed by atoms with Crippen LogP contribution in [0.25, 0.3) is 16.7 Å². The highest BCUT2D eigenvalue weighted by molar-refractivity contribution is 6.08. The molecule has 1 aliphatic carbocycles. The molecule has 5 N–H and O–H groups in total. The number of nitrogens with two attached hydrogens (primary N) is 2. The zero-order valence-corrected chi connectivity index (χ0v) is 18.0. The predicted molar refractivity (Wildman–Crippen MR) is 127 cm³/mol. The fourth-order valence-corrected chi connectivity index (χ4v) is 4.29. The first-order valence-electron chi connectivity index (χ1n) is 10.9. The fraction of sp³-hybridized carbons (Fsp3) is 0.240. The number of benzene rings is 1. The predicted octanol–water partition coefficient (Wildman–Crippen LogP) is 3.12. The van der Waals surface area contributed by atoms with Gasteiger partial charge in [0.25, 0.3) is 5.91 Å². The Labute approximate surface area is 190 Å². The molecule has 33 heavy (non-hydrogen) atoms. The number of fused-ring (bicyclic) bond motifs is 1. The Hall–Kier alpha value is -4.09. The average Bonchev–Trinajstić information content (AvgIpc) is 3.41. The molecule has 0 bridgehead atoms. The largest absolute Gasteiger partial charge is 0.397 e. The molecule has 0 spiro atoms. The van der Waals surface area contributed by atoms with Gasteiger partial charge in [0.1, 0.15) is 11.4 Å². The third kappa shape index (κ3) is 4.06. The van der Waals surface area contributed by atoms with Crippen molar-refractivity contribution in [2.45, 2.75) is 37.7 Å². The molecule has 8 heteroatoms. The van der Waals surface area contributed by atoms with Crippen LogP contribution in [0.1, 0.15) is 48.0 Å². The lowest BCUT2D eigenvalue weighted by Crippen LogP contribution is -2.29. The van der Waals surface area contributed by atoms with Crippen molar-refractivity contribution < 1.29 is 9.90 Å². The average molecular weight is 441 g/mol. The zero-order chi connectivity index (χ0) is 23.0. The van der Waals surface area contributed by atoms with Crippen molar-refractivity contribution in [3.8, 4) is 17.7 Å². The minimum Gasteiger partial charge on any atom is -0.397 e. The number of aromatic nitrogens is 4. The second kappa shape index (κ2) is 8.11. The summed E-state index contributed by atoms with van der Waals surface area (Å²) >= 11 is 0. The standard InChI is InChI=1S/C25H24N6O2/c26-18-8-13-30(15-18)23(32)20-16-31(22-7-12-28-24(27)29-22)21-14-17(4-5-19(20)21)6-11-25(33)9-2-1-3-10-25/h4-5,7-8,12-16,33H,1-3,9-10,26H2,(H2,27,28,29). The summed E-state index contributed by atoms with van der Waals surface area (Å²) in [6.45, 7) is 0. The highest BCUT2D eigenvalue weighted by Gasteiger charge is 2.26. The van der Waals surface area contributed by atoms with Crippen LogP contribution < -0.4 is 11.5 Å². The molecule has 3 aromatic heterocycles. The summed E-state index contributed by atoms with van der Waals surface area (Å²) in [6.07, 6.45) is 11.0. The molecular weight excluding hydrogens is 416 g/mol. The number of nitrogens with zero attached hydrogens (tertiary/aromatic N) is 4. The fourth-order valence-electron chi connectivity index (χ4n) is 4.29. The third-order valence-corrected chi connectivity index (χ3v) is 6.01. The lowest BCUT2D eigenvalue weighted by molar-refractivity contribution is 0.0610. The van der Waals surface area contributed by atoms with Crippen LogP contribution in [-0.2, 0) is 0 Å². The molecule has 1 saturated carbocycles. The summed E-state index contributed by atoms with van der Waals surface area (Å²) in [4.78, 5) is 21.5. The smallest absolute Gasteiger partial charge is 0.264 e. The van der Waals surface area contributed by atoms with Crippen LogP contribution in [-0.4, -0.2) is 35.7 Å². The molecule has 166 valence electrons. The maximum Gasteiger partial charge on any atom is 0.264 e. The third-order valence-electron chi connectivity index (χ3n) is 6.01. The summed E-state index contributed by atoms with van der Waals surface area (Å²) in [5, 5.41) is 11.5. The molecule has 1 fully saturated rings. The molecule has 1 aliphatic rings. The van der Waals surface area contributed by atoms with E-state index in [1.807, 2.05) is 18.2 Å². The normalized spacial score (nSPS) is 15.2. The van der Waals surface area contributed by atoms with Crippen LogP contribution in [0.2, 0.25) is 0 Å². The first kappa shape index (κ1) is 20.8. The Bertz CT molecular complexity index is 1420. The van der Waals surface area contributed by atoms with Crippen LogP contribution in [0.4, 0.5) is 11.6 Å². The van der Waals surface area contributed by atoms with Crippen LogP contribution in [0, 0.1) is 11.8 Å². The quantitative estimate of drug-likeness (QED) is 0.411. The molecular formula is C25H24N6O2. The van der Waals surface area contributed by atoms with Crippen LogP contribution in [0.3, 0.4) is 0 Å². The Balaban J connectivity index is 1.63. The highest BCUT2D eigenvalue weighted by Crippen LogP contribution is 2.29. The van der Waals surface area contributed by atoms with E-state index in [0.29, 0.717) is 29.9 Å². The molecule has 4 aromatic rings. The van der Waals surface area contributed by atoms with Gasteiger partial charge >= 0.3 is 0 Å². The molecule has 0 aliphatic heterocycles. The van der Waals surface area contributed by atoms with Gasteiger partial charge in [-0.2, -0.15) is 4.98 Å². The van der Waals surface area contributed by atoms with E-state index in [1.54, 1.807) is 41.5 Å². The molecule has 0 atom stereocenters. The van der Waals surface area contributed by atoms with Gasteiger partial charge < -0.3 is 21.1 Å². The van der Waals surface area contributed by atoms with Crippen LogP contribution in [0.5, 0.6) is 0 Å². The topological polar surface area (TPSA) is 125 Å². The van der Waals surface area contributed by atoms with Crippen molar-refractivity contribution in [1.82, 2.24) is 19.1 Å². The van der Waals surface area contributed by atoms with Gasteiger partial charge in [-0.25, -0.2) is 4.98 Å². The second-order valence-corrected chi connectivity index (χ2v) is 8.42. The summed E-state index contributed by atoms with van der Waals surface area (Å²) < 4.78 is 3.25. The highest BCUT2D eigenvalue weighted by atomic mass is 16.3. The minimum absolute atomic E-state index is 0.135. The van der Waals surface area contributed by atoms with Crippen molar-refractivity contribution in [3.63, 3.8) is 0 Å². The molecule has 5 rings (SSSR count). The molecule has 0 amide bonds. The molecule has 0 saturated heterocycles. The van der Waals surface area contributed by atoms with E-state index in [2.05, 4.69) is 21.8 Å². The summed E-state index contributed by atoms with van der Waals surface area (Å²) in [7, 11) is 0. The Morgan fingerprint density at radius 2 is 1.91 bits per heavy atom. The van der Waals surface area contributed by atoms with Crippen LogP contribution >= 0.6 is 0 Å². The van der Waals surface area contributed by atoms with Gasteiger partial charge in [-0.05, 0) is 49.9 Å². The van der Waals surface area contributed by atoms with Gasteiger partial charge in [0.15, 0.2) is 0 Å². The van der Waals surface area contributed by atoms with Gasteiger partial charge in [-0.1, -0.05) is 24.3 Å². The lowest BCUT2D eigenvalue weighted by Gasteiger charge is -2.26. The number of nitrogen functional groups attached to an aromatic ring is 2. The SMILES string of the molecule is Nc1ccn(C(=O)c2cn(-c3ccnc(N)n3)c3cc(C#CC4(O)CCCCC4)ccc23)c1. The summed E-state index contributed by atoms with van der Waals surface area (Å²) in [5.74, 6) is 6.66. The maximum atomic E-state index is 13.2. The Morgan fingerprint density at radius 1 is 1.09 bits per heavy atom. The van der Waals surface area contributed by atoms with Gasteiger partial charge in [0.2, 0.25) is 5.95 Å². The van der Waals surface area contributed by atoms with Crippen molar-refractivity contribution in [1.29, 1.82) is 0 Å². The Kier molecular flexibility index (Phi) is 5.11. The number of carbonyl (C=O) groups excluding carboxylic acids is 1. The van der Waals surface area contributed by atoms with Crippen molar-refractivity contribution >= 4 is 28.4 Å². The molecule has 1 aromatic carbocycles. The van der Waals surface area contributed by atoms with Crippen molar-refractivity contribution in [3.05, 3.63) is 66.2 Å². The van der Waals surface area contributed by atoms with E-state index < -0.39 is 5.60 Å². The van der Waals surface area contributed by atoms with Gasteiger partial charge in [0, 0.05) is 41.4 Å². The van der Waals surface area contributed by atoms with E-state index in [-0.39, 0.29) is 11.9 Å². The first-order valence-corrected chi connectivity index (χ1v) is 10.9. The maximum absolute atomic E-state index is 13.2. The summed E-state index contributed by atoms with van der Waals surface area (Å²) in [6, 6.07) is 9.02. The van der Waals surface area contributed by atoms with E-state index in [0.717, 1.165) is 35.7 Å². The molecule has 8 nitrogen and oxygen atoms in total. The van der Waals surface area contributed by atoms with E-state index >= 15 is 0 Å². The number of hydrogen-bond donors (Lipinski definition) is 3. The number of carbonyl (C=O) groups is 1. The van der Waals surface area contributed by atoms with E-state index in [4.69, 9.17) is 11.5 Å². The summed E-state index contributed by atoms with van der Waals surface area (Å²) in [5.41, 5.74) is 13.2. The lowest BCUT2D eigenvalue weighted by atomic mass is 9.85. The first-order chi connectivity index (χ1) is 15.9. The van der Waals surface area contributed by atoms with E-state index in [9.17, 15) is 9.90 Å². The molecule has 0 radical (unpaired) electrons. The molecule has 0 unspecified atom stereocenters.